The zero-order valence-electron chi connectivity index (χ0n) is 10.8. The van der Waals surface area contributed by atoms with Crippen LogP contribution in [0.5, 0.6) is 5.75 Å². The molecule has 1 unspecified atom stereocenters. The van der Waals surface area contributed by atoms with Gasteiger partial charge in [-0.15, -0.1) is 0 Å². The predicted octanol–water partition coefficient (Wildman–Crippen LogP) is 3.09. The molecule has 2 rings (SSSR count). The molecule has 0 spiro atoms. The summed E-state index contributed by atoms with van der Waals surface area (Å²) in [4.78, 5) is 11.7. The molecule has 1 heterocycles. The Bertz CT molecular complexity index is 446. The van der Waals surface area contributed by atoms with Crippen molar-refractivity contribution < 1.29 is 9.53 Å². The van der Waals surface area contributed by atoms with Crippen molar-refractivity contribution in [2.75, 3.05) is 5.32 Å². The fourth-order valence-corrected chi connectivity index (χ4v) is 1.89. The molecule has 17 heavy (non-hydrogen) atoms. The molecule has 0 saturated carbocycles. The number of rotatable bonds is 1. The quantitative estimate of drug-likeness (QED) is 0.809. The smallest absolute Gasteiger partial charge is 0.265 e. The monoisotopic (exact) mass is 233 g/mol. The third-order valence-electron chi connectivity index (χ3n) is 3.04. The molecule has 1 aliphatic heterocycles. The van der Waals surface area contributed by atoms with Crippen LogP contribution in [0, 0.1) is 0 Å². The summed E-state index contributed by atoms with van der Waals surface area (Å²) in [5, 5.41) is 2.91. The van der Waals surface area contributed by atoms with Crippen LogP contribution in [-0.4, -0.2) is 12.0 Å². The zero-order valence-corrected chi connectivity index (χ0v) is 10.8. The van der Waals surface area contributed by atoms with Crippen LogP contribution in [0.2, 0.25) is 0 Å². The lowest BCUT2D eigenvalue weighted by Gasteiger charge is -2.27. The van der Waals surface area contributed by atoms with Crippen molar-refractivity contribution in [3.63, 3.8) is 0 Å². The number of benzene rings is 1. The number of amides is 1. The molecule has 1 aromatic carbocycles. The van der Waals surface area contributed by atoms with Gasteiger partial charge in [0.15, 0.2) is 6.10 Å². The Hall–Kier alpha value is -1.51. The molecule has 0 fully saturated rings. The van der Waals surface area contributed by atoms with Gasteiger partial charge in [-0.05, 0) is 29.5 Å². The first kappa shape index (κ1) is 12.0. The molecular formula is C14H19NO2. The second kappa shape index (κ2) is 4.06. The average molecular weight is 233 g/mol. The van der Waals surface area contributed by atoms with Crippen molar-refractivity contribution in [2.45, 2.75) is 45.6 Å². The highest BCUT2D eigenvalue weighted by molar-refractivity contribution is 5.97. The standard InChI is InChI=1S/C14H19NO2/c1-5-11-13(16)15-10-8-9(14(2,3)4)6-7-12(10)17-11/h6-8,11H,5H2,1-4H3,(H,15,16). The van der Waals surface area contributed by atoms with Crippen molar-refractivity contribution in [3.8, 4) is 5.75 Å². The minimum absolute atomic E-state index is 0.0499. The second-order valence-corrected chi connectivity index (χ2v) is 5.46. The number of hydrogen-bond acceptors (Lipinski definition) is 2. The molecular weight excluding hydrogens is 214 g/mol. The van der Waals surface area contributed by atoms with E-state index in [4.69, 9.17) is 4.74 Å². The van der Waals surface area contributed by atoms with Gasteiger partial charge in [0, 0.05) is 0 Å². The van der Waals surface area contributed by atoms with Gasteiger partial charge in [0.2, 0.25) is 0 Å². The number of nitrogens with one attached hydrogen (secondary N) is 1. The maximum atomic E-state index is 11.7. The van der Waals surface area contributed by atoms with Crippen molar-refractivity contribution >= 4 is 11.6 Å². The van der Waals surface area contributed by atoms with Crippen molar-refractivity contribution in [1.82, 2.24) is 0 Å². The van der Waals surface area contributed by atoms with E-state index in [9.17, 15) is 4.79 Å². The fraction of sp³-hybridized carbons (Fsp3) is 0.500. The van der Waals surface area contributed by atoms with E-state index in [1.54, 1.807) is 0 Å². The van der Waals surface area contributed by atoms with Crippen LogP contribution < -0.4 is 10.1 Å². The Morgan fingerprint density at radius 2 is 2.06 bits per heavy atom. The summed E-state index contributed by atoms with van der Waals surface area (Å²) in [7, 11) is 0. The summed E-state index contributed by atoms with van der Waals surface area (Å²) >= 11 is 0. The van der Waals surface area contributed by atoms with Gasteiger partial charge in [-0.1, -0.05) is 33.8 Å². The minimum atomic E-state index is -0.358. The highest BCUT2D eigenvalue weighted by atomic mass is 16.5. The summed E-state index contributed by atoms with van der Waals surface area (Å²) < 4.78 is 5.65. The van der Waals surface area contributed by atoms with Gasteiger partial charge in [0.1, 0.15) is 5.75 Å². The zero-order chi connectivity index (χ0) is 12.6. The molecule has 0 saturated heterocycles. The number of anilines is 1. The van der Waals surface area contributed by atoms with E-state index >= 15 is 0 Å². The second-order valence-electron chi connectivity index (χ2n) is 5.46. The maximum absolute atomic E-state index is 11.7. The van der Waals surface area contributed by atoms with Gasteiger partial charge in [-0.25, -0.2) is 0 Å². The van der Waals surface area contributed by atoms with E-state index in [0.29, 0.717) is 6.42 Å². The van der Waals surface area contributed by atoms with Gasteiger partial charge in [-0.3, -0.25) is 4.79 Å². The molecule has 3 nitrogen and oxygen atoms in total. The molecule has 1 aliphatic rings. The number of ether oxygens (including phenoxy) is 1. The lowest BCUT2D eigenvalue weighted by atomic mass is 9.86. The van der Waals surface area contributed by atoms with Gasteiger partial charge in [0.25, 0.3) is 5.91 Å². The predicted molar refractivity (Wildman–Crippen MR) is 68.5 cm³/mol. The molecule has 0 bridgehead atoms. The Labute approximate surface area is 102 Å². The first-order chi connectivity index (χ1) is 7.91. The largest absolute Gasteiger partial charge is 0.478 e. The van der Waals surface area contributed by atoms with Gasteiger partial charge >= 0.3 is 0 Å². The van der Waals surface area contributed by atoms with E-state index in [1.165, 1.54) is 5.56 Å². The van der Waals surface area contributed by atoms with Crippen LogP contribution in [0.15, 0.2) is 18.2 Å². The Morgan fingerprint density at radius 1 is 1.35 bits per heavy atom. The molecule has 92 valence electrons. The molecule has 1 N–H and O–H groups in total. The average Bonchev–Trinajstić information content (AvgIpc) is 2.26. The summed E-state index contributed by atoms with van der Waals surface area (Å²) in [6, 6.07) is 6.00. The fourth-order valence-electron chi connectivity index (χ4n) is 1.89. The van der Waals surface area contributed by atoms with Crippen LogP contribution in [0.1, 0.15) is 39.7 Å². The molecule has 1 amide bonds. The molecule has 0 radical (unpaired) electrons. The summed E-state index contributed by atoms with van der Waals surface area (Å²) in [6.07, 6.45) is 0.328. The lowest BCUT2D eigenvalue weighted by Crippen LogP contribution is -2.36. The van der Waals surface area contributed by atoms with Gasteiger partial charge < -0.3 is 10.1 Å². The van der Waals surface area contributed by atoms with E-state index in [-0.39, 0.29) is 17.4 Å². The molecule has 1 atom stereocenters. The van der Waals surface area contributed by atoms with Gasteiger partial charge in [-0.2, -0.15) is 0 Å². The third kappa shape index (κ3) is 2.28. The van der Waals surface area contributed by atoms with E-state index < -0.39 is 0 Å². The maximum Gasteiger partial charge on any atom is 0.265 e. The number of carbonyl (C=O) groups is 1. The van der Waals surface area contributed by atoms with Crippen LogP contribution in [0.3, 0.4) is 0 Å². The number of carbonyl (C=O) groups excluding carboxylic acids is 1. The first-order valence-electron chi connectivity index (χ1n) is 6.04. The first-order valence-corrected chi connectivity index (χ1v) is 6.04. The Morgan fingerprint density at radius 3 is 2.65 bits per heavy atom. The molecule has 0 aliphatic carbocycles. The number of hydrogen-bond donors (Lipinski definition) is 1. The highest BCUT2D eigenvalue weighted by Gasteiger charge is 2.27. The SMILES string of the molecule is CCC1Oc2ccc(C(C)(C)C)cc2NC1=O. The molecule has 0 aromatic heterocycles. The van der Waals surface area contributed by atoms with Crippen LogP contribution >= 0.6 is 0 Å². The Kier molecular flexibility index (Phi) is 2.86. The molecule has 3 heteroatoms. The van der Waals surface area contributed by atoms with E-state index in [2.05, 4.69) is 32.2 Å². The van der Waals surface area contributed by atoms with Crippen LogP contribution in [0.25, 0.3) is 0 Å². The molecule has 1 aromatic rings. The van der Waals surface area contributed by atoms with E-state index in [0.717, 1.165) is 11.4 Å². The lowest BCUT2D eigenvalue weighted by molar-refractivity contribution is -0.123. The highest BCUT2D eigenvalue weighted by Crippen LogP contribution is 2.34. The summed E-state index contributed by atoms with van der Waals surface area (Å²) in [6.45, 7) is 8.39. The summed E-state index contributed by atoms with van der Waals surface area (Å²) in [5.74, 6) is 0.718. The van der Waals surface area contributed by atoms with Crippen LogP contribution in [0.4, 0.5) is 5.69 Å². The van der Waals surface area contributed by atoms with Crippen LogP contribution in [-0.2, 0) is 10.2 Å². The number of fused-ring (bicyclic) bond motifs is 1. The Balaban J connectivity index is 2.36. The minimum Gasteiger partial charge on any atom is -0.478 e. The van der Waals surface area contributed by atoms with Gasteiger partial charge in [0.05, 0.1) is 5.69 Å². The van der Waals surface area contributed by atoms with Crippen molar-refractivity contribution in [1.29, 1.82) is 0 Å². The van der Waals surface area contributed by atoms with Crippen molar-refractivity contribution in [2.24, 2.45) is 0 Å². The topological polar surface area (TPSA) is 38.3 Å². The summed E-state index contributed by atoms with van der Waals surface area (Å²) in [5.41, 5.74) is 2.05. The third-order valence-corrected chi connectivity index (χ3v) is 3.04. The normalized spacial score (nSPS) is 19.3. The van der Waals surface area contributed by atoms with Crippen molar-refractivity contribution in [3.05, 3.63) is 23.8 Å². The van der Waals surface area contributed by atoms with E-state index in [1.807, 2.05) is 19.1 Å².